The van der Waals surface area contributed by atoms with Crippen LogP contribution in [0.1, 0.15) is 67.4 Å². The van der Waals surface area contributed by atoms with Gasteiger partial charge in [-0.1, -0.05) is 97.9 Å². The quantitative estimate of drug-likeness (QED) is 0.152. The molecule has 0 radical (unpaired) electrons. The third-order valence-electron chi connectivity index (χ3n) is 8.18. The summed E-state index contributed by atoms with van der Waals surface area (Å²) in [6.07, 6.45) is 3.17. The molecular formula is C30H45NO6Si. The van der Waals surface area contributed by atoms with Crippen LogP contribution in [0.4, 0.5) is 0 Å². The van der Waals surface area contributed by atoms with Gasteiger partial charge in [0.15, 0.2) is 5.78 Å². The molecule has 6 atom stereocenters. The molecule has 2 unspecified atom stereocenters. The van der Waals surface area contributed by atoms with Crippen molar-refractivity contribution in [1.29, 1.82) is 0 Å². The maximum atomic E-state index is 13.9. The van der Waals surface area contributed by atoms with Gasteiger partial charge in [-0.15, -0.1) is 0 Å². The Kier molecular flexibility index (Phi) is 9.58. The Labute approximate surface area is 228 Å². The molecule has 0 aliphatic carbocycles. The number of hydrogen-bond acceptors (Lipinski definition) is 6. The molecular weight excluding hydrogens is 498 g/mol. The number of allylic oxidation sites excluding steroid dienone is 1. The molecule has 2 aliphatic heterocycles. The van der Waals surface area contributed by atoms with E-state index in [1.807, 2.05) is 49.4 Å². The minimum absolute atomic E-state index is 0.157. The van der Waals surface area contributed by atoms with Crippen molar-refractivity contribution >= 4 is 26.1 Å². The van der Waals surface area contributed by atoms with Crippen molar-refractivity contribution in [2.24, 2.45) is 5.92 Å². The van der Waals surface area contributed by atoms with E-state index >= 15 is 0 Å². The second-order valence-electron chi connectivity index (χ2n) is 11.6. The van der Waals surface area contributed by atoms with E-state index in [2.05, 4.69) is 46.9 Å². The fourth-order valence-corrected chi connectivity index (χ4v) is 11.6. The fraction of sp³-hybridized carbons (Fsp3) is 0.600. The molecule has 7 nitrogen and oxygen atoms in total. The molecule has 38 heavy (non-hydrogen) atoms. The Hall–Kier alpha value is -2.10. The largest absolute Gasteiger partial charge is 0.404 e. The molecule has 0 saturated carbocycles. The zero-order chi connectivity index (χ0) is 28.4. The standard InChI is InChI=1S/C30H45NO6Si/c1-9-10-16-24-26(36-24)25(32)21(8)27(33)30(35)28(37-38(18(2)3,19(4)5)20(6)7)23(31-29(30)34)17-22-14-12-11-13-15-22/h10-21,24-26,28,32,35H,9H2,1-8H3,(H,31,34)/b16-10-,23-17-/t21?,24-,25?,26+,28+,30-/m1/s1. The SMILES string of the molecule is CC/C=C\[C@H]1O[C@@H]1C(O)C(C)C(=O)[C@]1(O)C(=O)N/C(=C\c2ccccc2)[C@@H]1O[Si](C(C)C)(C(C)C)C(C)C. The molecule has 0 bridgehead atoms. The molecule has 2 aliphatic rings. The first-order valence-electron chi connectivity index (χ1n) is 13.8. The maximum absolute atomic E-state index is 13.9. The summed E-state index contributed by atoms with van der Waals surface area (Å²) in [5, 5.41) is 25.7. The van der Waals surface area contributed by atoms with Crippen LogP contribution in [0.15, 0.2) is 48.2 Å². The topological polar surface area (TPSA) is 108 Å². The lowest BCUT2D eigenvalue weighted by molar-refractivity contribution is -0.160. The van der Waals surface area contributed by atoms with Gasteiger partial charge in [-0.25, -0.2) is 0 Å². The molecule has 3 N–H and O–H groups in total. The number of epoxide rings is 1. The highest BCUT2D eigenvalue weighted by atomic mass is 28.4. The number of ether oxygens (including phenoxy) is 1. The molecule has 8 heteroatoms. The predicted molar refractivity (Wildman–Crippen MR) is 152 cm³/mol. The van der Waals surface area contributed by atoms with Crippen LogP contribution in [0.5, 0.6) is 0 Å². The van der Waals surface area contributed by atoms with Gasteiger partial charge in [-0.05, 0) is 34.7 Å². The highest BCUT2D eigenvalue weighted by molar-refractivity contribution is 6.77. The summed E-state index contributed by atoms with van der Waals surface area (Å²) >= 11 is 0. The Balaban J connectivity index is 2.05. The van der Waals surface area contributed by atoms with Gasteiger partial charge in [0.05, 0.1) is 11.8 Å². The molecule has 3 rings (SSSR count). The summed E-state index contributed by atoms with van der Waals surface area (Å²) in [5.74, 6) is -2.64. The van der Waals surface area contributed by atoms with Crippen LogP contribution in [0.25, 0.3) is 6.08 Å². The highest BCUT2D eigenvalue weighted by Gasteiger charge is 2.63. The number of benzene rings is 1. The first-order valence-corrected chi connectivity index (χ1v) is 16.0. The molecule has 210 valence electrons. The maximum Gasteiger partial charge on any atom is 0.267 e. The number of amides is 1. The second kappa shape index (κ2) is 12.0. The highest BCUT2D eigenvalue weighted by Crippen LogP contribution is 2.46. The van der Waals surface area contributed by atoms with Crippen molar-refractivity contribution in [3.63, 3.8) is 0 Å². The van der Waals surface area contributed by atoms with E-state index in [1.165, 1.54) is 6.92 Å². The molecule has 2 saturated heterocycles. The van der Waals surface area contributed by atoms with Crippen molar-refractivity contribution in [2.75, 3.05) is 0 Å². The van der Waals surface area contributed by atoms with Crippen molar-refractivity contribution in [2.45, 2.75) is 108 Å². The molecule has 2 fully saturated rings. The minimum atomic E-state index is -2.65. The Bertz CT molecular complexity index is 1030. The van der Waals surface area contributed by atoms with E-state index in [0.717, 1.165) is 12.0 Å². The van der Waals surface area contributed by atoms with Gasteiger partial charge in [0, 0.05) is 5.92 Å². The number of nitrogens with one attached hydrogen (secondary N) is 1. The zero-order valence-corrected chi connectivity index (χ0v) is 25.0. The van der Waals surface area contributed by atoms with Gasteiger partial charge in [-0.3, -0.25) is 9.59 Å². The van der Waals surface area contributed by atoms with Crippen LogP contribution in [-0.4, -0.2) is 60.2 Å². The van der Waals surface area contributed by atoms with Gasteiger partial charge in [-0.2, -0.15) is 0 Å². The van der Waals surface area contributed by atoms with E-state index in [1.54, 1.807) is 6.08 Å². The summed E-state index contributed by atoms with van der Waals surface area (Å²) in [7, 11) is -2.65. The lowest BCUT2D eigenvalue weighted by Crippen LogP contribution is -2.61. The smallest absolute Gasteiger partial charge is 0.267 e. The second-order valence-corrected chi connectivity index (χ2v) is 17.0. The van der Waals surface area contributed by atoms with Crippen LogP contribution in [0.2, 0.25) is 16.6 Å². The number of hydrogen-bond donors (Lipinski definition) is 3. The van der Waals surface area contributed by atoms with E-state index in [0.29, 0.717) is 5.70 Å². The van der Waals surface area contributed by atoms with E-state index in [9.17, 15) is 19.8 Å². The fourth-order valence-electron chi connectivity index (χ4n) is 6.10. The third-order valence-corrected chi connectivity index (χ3v) is 14.2. The number of carbonyl (C=O) groups is 2. The van der Waals surface area contributed by atoms with Gasteiger partial charge in [0.1, 0.15) is 18.3 Å². The number of carbonyl (C=O) groups excluding carboxylic acids is 2. The molecule has 1 amide bonds. The summed E-state index contributed by atoms with van der Waals surface area (Å²) < 4.78 is 12.5. The number of aliphatic hydroxyl groups excluding tert-OH is 1. The van der Waals surface area contributed by atoms with Crippen LogP contribution in [0, 0.1) is 5.92 Å². The van der Waals surface area contributed by atoms with Gasteiger partial charge >= 0.3 is 0 Å². The molecule has 0 spiro atoms. The van der Waals surface area contributed by atoms with Crippen LogP contribution in [-0.2, 0) is 18.8 Å². The van der Waals surface area contributed by atoms with Crippen LogP contribution in [0.3, 0.4) is 0 Å². The van der Waals surface area contributed by atoms with Crippen molar-refractivity contribution in [1.82, 2.24) is 5.32 Å². The predicted octanol–water partition coefficient (Wildman–Crippen LogP) is 4.75. The average Bonchev–Trinajstić information content (AvgIpc) is 3.60. The van der Waals surface area contributed by atoms with Crippen molar-refractivity contribution in [3.05, 3.63) is 53.7 Å². The van der Waals surface area contributed by atoms with Crippen LogP contribution < -0.4 is 5.32 Å². The Morgan fingerprint density at radius 2 is 1.68 bits per heavy atom. The number of ketones is 1. The molecule has 0 aromatic heterocycles. The van der Waals surface area contributed by atoms with Gasteiger partial charge in [0.2, 0.25) is 13.9 Å². The van der Waals surface area contributed by atoms with Gasteiger partial charge < -0.3 is 24.7 Å². The summed E-state index contributed by atoms with van der Waals surface area (Å²) in [4.78, 5) is 27.4. The van der Waals surface area contributed by atoms with Crippen LogP contribution >= 0.6 is 0 Å². The Morgan fingerprint density at radius 3 is 2.21 bits per heavy atom. The lowest BCUT2D eigenvalue weighted by Gasteiger charge is -2.45. The van der Waals surface area contributed by atoms with Gasteiger partial charge in [0.25, 0.3) is 5.91 Å². The normalized spacial score (nSPS) is 28.5. The summed E-state index contributed by atoms with van der Waals surface area (Å²) in [6.45, 7) is 16.2. The monoisotopic (exact) mass is 543 g/mol. The molecule has 2 heterocycles. The lowest BCUT2D eigenvalue weighted by atomic mass is 9.82. The zero-order valence-electron chi connectivity index (χ0n) is 24.0. The number of Topliss-reactive ketones (excluding diaryl/α,β-unsaturated/α-hetero) is 1. The Morgan fingerprint density at radius 1 is 1.11 bits per heavy atom. The summed E-state index contributed by atoms with van der Waals surface area (Å²) in [6, 6.07) is 9.41. The van der Waals surface area contributed by atoms with E-state index < -0.39 is 49.8 Å². The number of aliphatic hydroxyl groups is 2. The van der Waals surface area contributed by atoms with Crippen molar-refractivity contribution < 1.29 is 29.0 Å². The van der Waals surface area contributed by atoms with E-state index in [4.69, 9.17) is 9.16 Å². The number of rotatable bonds is 12. The summed E-state index contributed by atoms with van der Waals surface area (Å²) in [5.41, 5.74) is -0.853. The third kappa shape index (κ3) is 5.61. The molecule has 1 aromatic carbocycles. The van der Waals surface area contributed by atoms with Crippen molar-refractivity contribution in [3.8, 4) is 0 Å². The average molecular weight is 544 g/mol. The minimum Gasteiger partial charge on any atom is -0.404 e. The first kappa shape index (κ1) is 30.4. The molecule has 1 aromatic rings. The first-order chi connectivity index (χ1) is 17.8. The van der Waals surface area contributed by atoms with E-state index in [-0.39, 0.29) is 22.7 Å².